The molecule has 6 rings (SSSR count). The largest absolute Gasteiger partial charge is 0.493 e. The van der Waals surface area contributed by atoms with Crippen LogP contribution in [0.25, 0.3) is 11.8 Å². The summed E-state index contributed by atoms with van der Waals surface area (Å²) in [6, 6.07) is 20.7. The highest BCUT2D eigenvalue weighted by Crippen LogP contribution is 2.36. The predicted molar refractivity (Wildman–Crippen MR) is 195 cm³/mol. The molecule has 0 spiro atoms. The van der Waals surface area contributed by atoms with Gasteiger partial charge in [-0.15, -0.1) is 0 Å². The van der Waals surface area contributed by atoms with E-state index in [1.54, 1.807) is 43.7 Å². The second-order valence-electron chi connectivity index (χ2n) is 12.5. The van der Waals surface area contributed by atoms with Crippen LogP contribution >= 0.6 is 11.3 Å². The molecule has 0 aliphatic carbocycles. The van der Waals surface area contributed by atoms with Crippen LogP contribution in [0.4, 0.5) is 4.39 Å². The van der Waals surface area contributed by atoms with Gasteiger partial charge < -0.3 is 23.5 Å². The van der Waals surface area contributed by atoms with Crippen molar-refractivity contribution in [1.82, 2.24) is 9.13 Å². The number of allylic oxidation sites excluding steroid dienone is 1. The van der Waals surface area contributed by atoms with Crippen molar-refractivity contribution in [2.24, 2.45) is 4.99 Å². The Morgan fingerprint density at radius 1 is 1.02 bits per heavy atom. The Labute approximate surface area is 299 Å². The molecule has 0 bridgehead atoms. The summed E-state index contributed by atoms with van der Waals surface area (Å²) in [6.07, 6.45) is 1.80. The van der Waals surface area contributed by atoms with Crippen LogP contribution in [-0.2, 0) is 16.1 Å². The Kier molecular flexibility index (Phi) is 10.3. The molecule has 0 saturated heterocycles. The van der Waals surface area contributed by atoms with Crippen molar-refractivity contribution in [2.75, 3.05) is 13.7 Å². The summed E-state index contributed by atoms with van der Waals surface area (Å²) in [5.74, 6) is 0.878. The van der Waals surface area contributed by atoms with Crippen molar-refractivity contribution < 1.29 is 28.1 Å². The van der Waals surface area contributed by atoms with E-state index >= 15 is 0 Å². The van der Waals surface area contributed by atoms with E-state index in [9.17, 15) is 14.0 Å². The van der Waals surface area contributed by atoms with Crippen LogP contribution in [0.3, 0.4) is 0 Å². The normalized spacial score (nSPS) is 14.4. The van der Waals surface area contributed by atoms with E-state index < -0.39 is 12.0 Å². The summed E-state index contributed by atoms with van der Waals surface area (Å²) in [4.78, 5) is 32.9. The van der Waals surface area contributed by atoms with Crippen LogP contribution in [0.1, 0.15) is 61.8 Å². The van der Waals surface area contributed by atoms with Crippen LogP contribution in [0.15, 0.2) is 93.9 Å². The minimum Gasteiger partial charge on any atom is -0.493 e. The van der Waals surface area contributed by atoms with Crippen LogP contribution in [0, 0.1) is 19.7 Å². The average Bonchev–Trinajstić information content (AvgIpc) is 3.56. The van der Waals surface area contributed by atoms with E-state index in [0.717, 1.165) is 28.2 Å². The lowest BCUT2D eigenvalue weighted by Gasteiger charge is -2.25. The fourth-order valence-corrected chi connectivity index (χ4v) is 7.31. The van der Waals surface area contributed by atoms with Crippen LogP contribution in [0.5, 0.6) is 17.2 Å². The highest BCUT2D eigenvalue weighted by atomic mass is 32.1. The van der Waals surface area contributed by atoms with Crippen LogP contribution in [-0.4, -0.2) is 34.9 Å². The van der Waals surface area contributed by atoms with E-state index in [2.05, 4.69) is 4.57 Å². The molecule has 5 aromatic rings. The Bertz CT molecular complexity index is 2320. The molecule has 11 heteroatoms. The first kappa shape index (κ1) is 35.4. The molecule has 1 aliphatic heterocycles. The molecule has 51 heavy (non-hydrogen) atoms. The third-order valence-corrected chi connectivity index (χ3v) is 9.51. The molecule has 0 N–H and O–H groups in total. The standard InChI is InChI=1S/C40H40FN3O6S/c1-8-48-39(46)36-25(5)42-40-44(37(36)28-12-17-33(50-23(2)3)34(20-28)47-7)38(45)35(51-40)21-29-18-24(4)43(26(29)6)31-13-15-32(16-14-31)49-22-27-10-9-11-30(41)19-27/h9-21,23,37H,8,22H2,1-7H3/b35-21+/t37-/m0/s1. The molecule has 2 aromatic heterocycles. The van der Waals surface area contributed by atoms with Crippen LogP contribution in [0.2, 0.25) is 0 Å². The summed E-state index contributed by atoms with van der Waals surface area (Å²) in [6.45, 7) is 11.8. The fourth-order valence-electron chi connectivity index (χ4n) is 6.27. The van der Waals surface area contributed by atoms with Gasteiger partial charge >= 0.3 is 5.97 Å². The summed E-state index contributed by atoms with van der Waals surface area (Å²) in [5.41, 5.74) is 5.63. The summed E-state index contributed by atoms with van der Waals surface area (Å²) >= 11 is 1.27. The highest BCUT2D eigenvalue weighted by Gasteiger charge is 2.34. The average molecular weight is 710 g/mol. The van der Waals surface area contributed by atoms with Gasteiger partial charge in [-0.2, -0.15) is 0 Å². The quantitative estimate of drug-likeness (QED) is 0.142. The van der Waals surface area contributed by atoms with E-state index in [1.807, 2.05) is 76.2 Å². The smallest absolute Gasteiger partial charge is 0.338 e. The second-order valence-corrected chi connectivity index (χ2v) is 13.5. The number of fused-ring (bicyclic) bond motifs is 1. The lowest BCUT2D eigenvalue weighted by atomic mass is 9.95. The van der Waals surface area contributed by atoms with Gasteiger partial charge in [0.1, 0.15) is 18.2 Å². The maximum absolute atomic E-state index is 14.3. The second kappa shape index (κ2) is 14.8. The number of nitrogens with zero attached hydrogens (tertiary/aromatic N) is 3. The molecule has 9 nitrogen and oxygen atoms in total. The number of benzene rings is 3. The fraction of sp³-hybridized carbons (Fsp3) is 0.275. The molecule has 0 unspecified atom stereocenters. The van der Waals surface area contributed by atoms with E-state index in [0.29, 0.717) is 37.8 Å². The Morgan fingerprint density at radius 2 is 1.78 bits per heavy atom. The summed E-state index contributed by atoms with van der Waals surface area (Å²) in [5, 5.41) is 0. The third kappa shape index (κ3) is 7.25. The molecule has 264 valence electrons. The van der Waals surface area contributed by atoms with Gasteiger partial charge in [-0.1, -0.05) is 29.5 Å². The minimum atomic E-state index is -0.793. The number of thiazole rings is 1. The third-order valence-electron chi connectivity index (χ3n) is 8.53. The molecule has 1 aliphatic rings. The van der Waals surface area contributed by atoms with E-state index in [1.165, 1.54) is 23.5 Å². The first-order chi connectivity index (χ1) is 24.5. The van der Waals surface area contributed by atoms with Gasteiger partial charge in [0, 0.05) is 17.1 Å². The topological polar surface area (TPSA) is 93.3 Å². The number of carbonyl (C=O) groups excluding carboxylic acids is 1. The Hall–Kier alpha value is -5.42. The SMILES string of the molecule is CCOC(=O)C1=C(C)N=c2s/c(=C/c3cc(C)n(-c4ccc(OCc5cccc(F)c5)cc4)c3C)c(=O)n2[C@H]1c1ccc(OC(C)C)c(OC)c1. The minimum absolute atomic E-state index is 0.0758. The Balaban J connectivity index is 1.37. The summed E-state index contributed by atoms with van der Waals surface area (Å²) < 4.78 is 40.6. The number of rotatable bonds is 11. The van der Waals surface area contributed by atoms with E-state index in [4.69, 9.17) is 23.9 Å². The van der Waals surface area contributed by atoms with Gasteiger partial charge in [0.05, 0.1) is 41.7 Å². The van der Waals surface area contributed by atoms with Crippen molar-refractivity contribution >= 4 is 23.4 Å². The molecule has 3 heterocycles. The maximum Gasteiger partial charge on any atom is 0.338 e. The zero-order chi connectivity index (χ0) is 36.4. The van der Waals surface area contributed by atoms with Gasteiger partial charge in [0.15, 0.2) is 16.3 Å². The first-order valence-electron chi connectivity index (χ1n) is 16.7. The maximum atomic E-state index is 14.3. The monoisotopic (exact) mass is 709 g/mol. The molecule has 0 saturated carbocycles. The van der Waals surface area contributed by atoms with Crippen molar-refractivity contribution in [2.45, 2.75) is 60.3 Å². The zero-order valence-electron chi connectivity index (χ0n) is 29.7. The molecular weight excluding hydrogens is 670 g/mol. The predicted octanol–water partition coefficient (Wildman–Crippen LogP) is 6.72. The number of methoxy groups -OCH3 is 1. The number of aromatic nitrogens is 2. The molecule has 0 fully saturated rings. The number of ether oxygens (including phenoxy) is 4. The zero-order valence-corrected chi connectivity index (χ0v) is 30.5. The number of aryl methyl sites for hydroxylation is 1. The van der Waals surface area contributed by atoms with Gasteiger partial charge in [0.25, 0.3) is 5.56 Å². The number of hydrogen-bond donors (Lipinski definition) is 0. The van der Waals surface area contributed by atoms with Crippen molar-refractivity contribution in [3.05, 3.63) is 138 Å². The van der Waals surface area contributed by atoms with Crippen molar-refractivity contribution in [3.63, 3.8) is 0 Å². The summed E-state index contributed by atoms with van der Waals surface area (Å²) in [7, 11) is 1.55. The van der Waals surface area contributed by atoms with Gasteiger partial charge in [0.2, 0.25) is 0 Å². The molecule has 0 radical (unpaired) electrons. The van der Waals surface area contributed by atoms with Gasteiger partial charge in [-0.25, -0.2) is 14.2 Å². The number of hydrogen-bond acceptors (Lipinski definition) is 8. The van der Waals surface area contributed by atoms with Gasteiger partial charge in [-0.3, -0.25) is 9.36 Å². The van der Waals surface area contributed by atoms with Gasteiger partial charge in [-0.05, 0) is 119 Å². The number of carbonyl (C=O) groups is 1. The molecule has 3 aromatic carbocycles. The lowest BCUT2D eigenvalue weighted by molar-refractivity contribution is -0.139. The molecular formula is C40H40FN3O6S. The number of esters is 1. The number of halogens is 1. The molecule has 1 atom stereocenters. The highest BCUT2D eigenvalue weighted by molar-refractivity contribution is 7.07. The van der Waals surface area contributed by atoms with E-state index in [-0.39, 0.29) is 36.3 Å². The first-order valence-corrected chi connectivity index (χ1v) is 17.5. The lowest BCUT2D eigenvalue weighted by Crippen LogP contribution is -2.40. The molecule has 0 amide bonds. The van der Waals surface area contributed by atoms with Crippen LogP contribution < -0.4 is 29.1 Å². The van der Waals surface area contributed by atoms with Crippen molar-refractivity contribution in [1.29, 1.82) is 0 Å². The van der Waals surface area contributed by atoms with Crippen molar-refractivity contribution in [3.8, 4) is 22.9 Å². The Morgan fingerprint density at radius 3 is 2.47 bits per heavy atom.